The molecule has 1 aliphatic heterocycles. The zero-order valence-corrected chi connectivity index (χ0v) is 9.88. The van der Waals surface area contributed by atoms with Crippen molar-refractivity contribution in [2.24, 2.45) is 4.99 Å². The highest BCUT2D eigenvalue weighted by Gasteiger charge is 2.18. The van der Waals surface area contributed by atoms with E-state index in [1.807, 2.05) is 12.1 Å². The average molecular weight is 224 g/mol. The van der Waals surface area contributed by atoms with E-state index in [1.54, 1.807) is 18.0 Å². The van der Waals surface area contributed by atoms with Crippen molar-refractivity contribution in [3.05, 3.63) is 24.2 Å². The summed E-state index contributed by atoms with van der Waals surface area (Å²) >= 11 is 1.80. The molecule has 0 spiro atoms. The maximum absolute atomic E-state index is 5.33. The maximum Gasteiger partial charge on any atom is 0.157 e. The zero-order valence-electron chi connectivity index (χ0n) is 9.06. The van der Waals surface area contributed by atoms with Crippen LogP contribution in [0.25, 0.3) is 0 Å². The van der Waals surface area contributed by atoms with E-state index in [0.717, 1.165) is 23.1 Å². The fraction of sp³-hybridized carbons (Fsp3) is 0.545. The summed E-state index contributed by atoms with van der Waals surface area (Å²) in [5.74, 6) is 2.06. The standard InChI is InChI=1S/C11H16N2OS/c1-3-9-7-15-11(13-9)12-8(2)10-5-4-6-14-10/h4-6,8-9H,3,7H2,1-2H3,(H,12,13). The van der Waals surface area contributed by atoms with E-state index < -0.39 is 0 Å². The van der Waals surface area contributed by atoms with Crippen molar-refractivity contribution in [3.8, 4) is 0 Å². The van der Waals surface area contributed by atoms with Crippen LogP contribution in [-0.4, -0.2) is 17.0 Å². The molecular formula is C11H16N2OS. The van der Waals surface area contributed by atoms with Crippen LogP contribution >= 0.6 is 11.8 Å². The molecule has 2 heterocycles. The van der Waals surface area contributed by atoms with Crippen LogP contribution in [0.4, 0.5) is 0 Å². The molecule has 0 radical (unpaired) electrons. The Bertz CT molecular complexity index is 334. The number of furan rings is 1. The fourth-order valence-corrected chi connectivity index (χ4v) is 2.64. The van der Waals surface area contributed by atoms with Crippen LogP contribution in [0.2, 0.25) is 0 Å². The van der Waals surface area contributed by atoms with E-state index in [1.165, 1.54) is 0 Å². The van der Waals surface area contributed by atoms with Gasteiger partial charge in [0, 0.05) is 5.75 Å². The molecule has 0 aromatic carbocycles. The third-order valence-electron chi connectivity index (χ3n) is 2.49. The van der Waals surface area contributed by atoms with Crippen LogP contribution in [-0.2, 0) is 0 Å². The number of hydrogen-bond acceptors (Lipinski definition) is 4. The van der Waals surface area contributed by atoms with Gasteiger partial charge >= 0.3 is 0 Å². The normalized spacial score (nSPS) is 22.5. The second-order valence-electron chi connectivity index (χ2n) is 3.69. The smallest absolute Gasteiger partial charge is 0.157 e. The second-order valence-corrected chi connectivity index (χ2v) is 4.70. The third kappa shape index (κ3) is 2.56. The first kappa shape index (κ1) is 10.6. The monoisotopic (exact) mass is 224 g/mol. The Kier molecular flexibility index (Phi) is 3.36. The topological polar surface area (TPSA) is 37.5 Å². The number of amidine groups is 1. The molecule has 0 bridgehead atoms. The summed E-state index contributed by atoms with van der Waals surface area (Å²) in [6, 6.07) is 4.57. The molecule has 82 valence electrons. The molecule has 3 nitrogen and oxygen atoms in total. The van der Waals surface area contributed by atoms with E-state index >= 15 is 0 Å². The molecule has 1 aliphatic rings. The van der Waals surface area contributed by atoms with E-state index in [-0.39, 0.29) is 6.04 Å². The lowest BCUT2D eigenvalue weighted by Gasteiger charge is -2.11. The maximum atomic E-state index is 5.33. The lowest BCUT2D eigenvalue weighted by Crippen LogP contribution is -2.22. The van der Waals surface area contributed by atoms with Gasteiger partial charge in [0.1, 0.15) is 5.76 Å². The molecule has 15 heavy (non-hydrogen) atoms. The molecule has 4 heteroatoms. The molecule has 0 saturated heterocycles. The van der Waals surface area contributed by atoms with E-state index in [9.17, 15) is 0 Å². The Labute approximate surface area is 94.3 Å². The minimum absolute atomic E-state index is 0.196. The molecule has 0 saturated carbocycles. The summed E-state index contributed by atoms with van der Waals surface area (Å²) in [6.45, 7) is 4.26. The van der Waals surface area contributed by atoms with Gasteiger partial charge in [0.25, 0.3) is 0 Å². The van der Waals surface area contributed by atoms with Gasteiger partial charge in [0.2, 0.25) is 0 Å². The van der Waals surface area contributed by atoms with Gasteiger partial charge in [-0.2, -0.15) is 0 Å². The van der Waals surface area contributed by atoms with Crippen molar-refractivity contribution in [2.75, 3.05) is 5.75 Å². The number of hydrogen-bond donors (Lipinski definition) is 1. The van der Waals surface area contributed by atoms with Crippen molar-refractivity contribution in [1.29, 1.82) is 0 Å². The van der Waals surface area contributed by atoms with Gasteiger partial charge in [0.15, 0.2) is 5.17 Å². The SMILES string of the molecule is CCC1CSC(NC(C)c2ccco2)=N1. The van der Waals surface area contributed by atoms with Gasteiger partial charge < -0.3 is 9.73 Å². The summed E-state index contributed by atoms with van der Waals surface area (Å²) in [7, 11) is 0. The van der Waals surface area contributed by atoms with Crippen LogP contribution in [0.1, 0.15) is 32.1 Å². The van der Waals surface area contributed by atoms with Gasteiger partial charge in [-0.15, -0.1) is 0 Å². The number of nitrogens with zero attached hydrogens (tertiary/aromatic N) is 1. The highest BCUT2D eigenvalue weighted by atomic mass is 32.2. The number of thioether (sulfide) groups is 1. The molecule has 1 N–H and O–H groups in total. The Morgan fingerprint density at radius 2 is 2.60 bits per heavy atom. The predicted molar refractivity (Wildman–Crippen MR) is 64.2 cm³/mol. The van der Waals surface area contributed by atoms with E-state index in [2.05, 4.69) is 24.2 Å². The largest absolute Gasteiger partial charge is 0.467 e. The molecule has 0 fully saturated rings. The quantitative estimate of drug-likeness (QED) is 0.858. The minimum Gasteiger partial charge on any atom is -0.467 e. The predicted octanol–water partition coefficient (Wildman–Crippen LogP) is 2.81. The molecule has 1 aromatic heterocycles. The first-order valence-electron chi connectivity index (χ1n) is 5.30. The molecule has 2 rings (SSSR count). The highest BCUT2D eigenvalue weighted by molar-refractivity contribution is 8.14. The van der Waals surface area contributed by atoms with Gasteiger partial charge in [-0.25, -0.2) is 0 Å². The van der Waals surface area contributed by atoms with E-state index in [0.29, 0.717) is 6.04 Å². The summed E-state index contributed by atoms with van der Waals surface area (Å²) < 4.78 is 5.33. The van der Waals surface area contributed by atoms with Crippen LogP contribution in [0.5, 0.6) is 0 Å². The van der Waals surface area contributed by atoms with Gasteiger partial charge in [-0.1, -0.05) is 18.7 Å². The van der Waals surface area contributed by atoms with Crippen molar-refractivity contribution < 1.29 is 4.42 Å². The van der Waals surface area contributed by atoms with Gasteiger partial charge in [0.05, 0.1) is 18.3 Å². The Balaban J connectivity index is 1.93. The number of rotatable bonds is 3. The lowest BCUT2D eigenvalue weighted by molar-refractivity contribution is 0.464. The molecule has 2 atom stereocenters. The second kappa shape index (κ2) is 4.75. The third-order valence-corrected chi connectivity index (χ3v) is 3.54. The molecule has 2 unspecified atom stereocenters. The summed E-state index contributed by atoms with van der Waals surface area (Å²) in [4.78, 5) is 4.58. The summed E-state index contributed by atoms with van der Waals surface area (Å²) in [5.41, 5.74) is 0. The Hall–Kier alpha value is -0.900. The van der Waals surface area contributed by atoms with Crippen molar-refractivity contribution in [1.82, 2.24) is 5.32 Å². The van der Waals surface area contributed by atoms with Crippen molar-refractivity contribution >= 4 is 16.9 Å². The fourth-order valence-electron chi connectivity index (χ4n) is 1.50. The molecule has 0 aliphatic carbocycles. The van der Waals surface area contributed by atoms with Crippen molar-refractivity contribution in [3.63, 3.8) is 0 Å². The summed E-state index contributed by atoms with van der Waals surface area (Å²) in [5, 5.41) is 4.41. The van der Waals surface area contributed by atoms with Crippen LogP contribution in [0.3, 0.4) is 0 Å². The zero-order chi connectivity index (χ0) is 10.7. The van der Waals surface area contributed by atoms with Crippen LogP contribution in [0.15, 0.2) is 27.8 Å². The Morgan fingerprint density at radius 1 is 1.73 bits per heavy atom. The van der Waals surface area contributed by atoms with E-state index in [4.69, 9.17) is 4.42 Å². The highest BCUT2D eigenvalue weighted by Crippen LogP contribution is 2.21. The van der Waals surface area contributed by atoms with Crippen molar-refractivity contribution in [2.45, 2.75) is 32.4 Å². The van der Waals surface area contributed by atoms with Crippen LogP contribution in [0, 0.1) is 0 Å². The average Bonchev–Trinajstić information content (AvgIpc) is 2.87. The van der Waals surface area contributed by atoms with Gasteiger partial charge in [-0.3, -0.25) is 4.99 Å². The number of nitrogens with one attached hydrogen (secondary N) is 1. The number of aliphatic imine (C=N–C) groups is 1. The Morgan fingerprint density at radius 3 is 3.20 bits per heavy atom. The van der Waals surface area contributed by atoms with Gasteiger partial charge in [-0.05, 0) is 25.5 Å². The summed E-state index contributed by atoms with van der Waals surface area (Å²) in [6.07, 6.45) is 2.82. The minimum atomic E-state index is 0.196. The molecule has 0 amide bonds. The molecular weight excluding hydrogens is 208 g/mol. The lowest BCUT2D eigenvalue weighted by atomic mass is 10.2. The van der Waals surface area contributed by atoms with Crippen LogP contribution < -0.4 is 5.32 Å². The molecule has 1 aromatic rings. The first-order valence-corrected chi connectivity index (χ1v) is 6.28. The first-order chi connectivity index (χ1) is 7.29.